The number of amides is 1. The van der Waals surface area contributed by atoms with Crippen LogP contribution in [0.1, 0.15) is 46.6 Å². The molecule has 0 aliphatic carbocycles. The number of thiophene rings is 1. The summed E-state index contributed by atoms with van der Waals surface area (Å²) in [6.45, 7) is 5.13. The molecule has 0 radical (unpaired) electrons. The quantitative estimate of drug-likeness (QED) is 0.798. The van der Waals surface area contributed by atoms with E-state index in [-0.39, 0.29) is 23.9 Å². The van der Waals surface area contributed by atoms with Crippen LogP contribution in [0.25, 0.3) is 0 Å². The normalized spacial score (nSPS) is 23.4. The Balaban J connectivity index is 0.00000205. The average molecular weight is 438 g/mol. The van der Waals surface area contributed by atoms with Crippen molar-refractivity contribution in [3.8, 4) is 0 Å². The SMILES string of the molecule is Cl.O=C(c1cn(CC2CCCNC2)nn1)N1CCC2(CC1)OCCc1ccsc12. The van der Waals surface area contributed by atoms with E-state index in [4.69, 9.17) is 4.74 Å². The van der Waals surface area contributed by atoms with Gasteiger partial charge in [0, 0.05) is 24.5 Å². The number of nitrogens with one attached hydrogen (secondary N) is 1. The molecular formula is C20H28ClN5O2S. The molecule has 0 bridgehead atoms. The molecule has 2 aromatic heterocycles. The number of rotatable bonds is 3. The first kappa shape index (κ1) is 20.8. The zero-order chi connectivity index (χ0) is 19.0. The van der Waals surface area contributed by atoms with Gasteiger partial charge in [-0.05, 0) is 68.1 Å². The molecule has 1 amide bonds. The van der Waals surface area contributed by atoms with Gasteiger partial charge in [0.2, 0.25) is 0 Å². The van der Waals surface area contributed by atoms with Crippen LogP contribution in [0.3, 0.4) is 0 Å². The maximum Gasteiger partial charge on any atom is 0.276 e. The van der Waals surface area contributed by atoms with Crippen LogP contribution < -0.4 is 5.32 Å². The molecule has 158 valence electrons. The van der Waals surface area contributed by atoms with E-state index in [0.717, 1.165) is 45.5 Å². The molecule has 1 atom stereocenters. The molecule has 2 fully saturated rings. The zero-order valence-corrected chi connectivity index (χ0v) is 18.1. The maximum atomic E-state index is 12.9. The van der Waals surface area contributed by atoms with Crippen molar-refractivity contribution in [3.05, 3.63) is 33.8 Å². The summed E-state index contributed by atoms with van der Waals surface area (Å²) in [6.07, 6.45) is 6.94. The number of fused-ring (bicyclic) bond motifs is 2. The van der Waals surface area contributed by atoms with Crippen molar-refractivity contribution in [2.45, 2.75) is 44.2 Å². The molecule has 9 heteroatoms. The van der Waals surface area contributed by atoms with Gasteiger partial charge in [-0.15, -0.1) is 28.8 Å². The van der Waals surface area contributed by atoms with Gasteiger partial charge in [0.15, 0.2) is 5.69 Å². The van der Waals surface area contributed by atoms with Gasteiger partial charge in [0.05, 0.1) is 12.8 Å². The molecule has 0 saturated carbocycles. The van der Waals surface area contributed by atoms with E-state index in [0.29, 0.717) is 24.7 Å². The molecule has 3 aliphatic rings. The molecule has 0 aromatic carbocycles. The lowest BCUT2D eigenvalue weighted by Crippen LogP contribution is -2.48. The summed E-state index contributed by atoms with van der Waals surface area (Å²) in [4.78, 5) is 16.2. The van der Waals surface area contributed by atoms with E-state index >= 15 is 0 Å². The molecule has 1 spiro atoms. The fourth-order valence-electron chi connectivity index (χ4n) is 4.79. The van der Waals surface area contributed by atoms with Crippen LogP contribution in [0.4, 0.5) is 0 Å². The van der Waals surface area contributed by atoms with Gasteiger partial charge < -0.3 is 15.0 Å². The van der Waals surface area contributed by atoms with Gasteiger partial charge in [-0.3, -0.25) is 9.48 Å². The number of hydrogen-bond acceptors (Lipinski definition) is 6. The highest BCUT2D eigenvalue weighted by Gasteiger charge is 2.42. The number of likely N-dealkylation sites (tertiary alicyclic amines) is 1. The molecule has 2 aromatic rings. The minimum atomic E-state index is -0.190. The second-order valence-electron chi connectivity index (χ2n) is 8.20. The van der Waals surface area contributed by atoms with Gasteiger partial charge in [-0.2, -0.15) is 0 Å². The lowest BCUT2D eigenvalue weighted by molar-refractivity contribution is -0.0906. The predicted octanol–water partition coefficient (Wildman–Crippen LogP) is 2.47. The summed E-state index contributed by atoms with van der Waals surface area (Å²) in [5.41, 5.74) is 1.70. The number of piperidine rings is 2. The summed E-state index contributed by atoms with van der Waals surface area (Å²) in [7, 11) is 0. The van der Waals surface area contributed by atoms with Gasteiger partial charge in [0.25, 0.3) is 5.91 Å². The smallest absolute Gasteiger partial charge is 0.276 e. The van der Waals surface area contributed by atoms with Crippen LogP contribution in [0, 0.1) is 5.92 Å². The number of carbonyl (C=O) groups excluding carboxylic acids is 1. The first-order valence-electron chi connectivity index (χ1n) is 10.3. The first-order chi connectivity index (χ1) is 13.7. The van der Waals surface area contributed by atoms with Crippen LogP contribution in [0.5, 0.6) is 0 Å². The standard InChI is InChI=1S/C20H27N5O2S.ClH/c26-19(17-14-25(23-22-17)13-15-2-1-7-21-12-15)24-8-5-20(6-9-24)18-16(3-10-27-20)4-11-28-18;/h4,11,14-15,21H,1-3,5-10,12-13H2;1H. The monoisotopic (exact) mass is 437 g/mol. The minimum Gasteiger partial charge on any atom is -0.369 e. The zero-order valence-electron chi connectivity index (χ0n) is 16.5. The van der Waals surface area contributed by atoms with Crippen molar-refractivity contribution >= 4 is 29.7 Å². The third kappa shape index (κ3) is 4.08. The summed E-state index contributed by atoms with van der Waals surface area (Å²) >= 11 is 1.80. The van der Waals surface area contributed by atoms with E-state index in [1.165, 1.54) is 23.3 Å². The number of aromatic nitrogens is 3. The number of halogens is 1. The average Bonchev–Trinajstić information content (AvgIpc) is 3.39. The molecule has 3 aliphatic heterocycles. The summed E-state index contributed by atoms with van der Waals surface area (Å²) < 4.78 is 8.08. The number of hydrogen-bond donors (Lipinski definition) is 1. The van der Waals surface area contributed by atoms with Crippen molar-refractivity contribution in [1.82, 2.24) is 25.2 Å². The Hall–Kier alpha value is -1.48. The van der Waals surface area contributed by atoms with Crippen molar-refractivity contribution in [3.63, 3.8) is 0 Å². The number of carbonyl (C=O) groups is 1. The molecule has 7 nitrogen and oxygen atoms in total. The highest BCUT2D eigenvalue weighted by molar-refractivity contribution is 7.10. The van der Waals surface area contributed by atoms with Crippen LogP contribution in [-0.4, -0.2) is 58.6 Å². The van der Waals surface area contributed by atoms with Crippen molar-refractivity contribution in [2.24, 2.45) is 5.92 Å². The Morgan fingerprint density at radius 2 is 2.24 bits per heavy atom. The van der Waals surface area contributed by atoms with Crippen LogP contribution >= 0.6 is 23.7 Å². The predicted molar refractivity (Wildman–Crippen MR) is 114 cm³/mol. The Morgan fingerprint density at radius 1 is 1.38 bits per heavy atom. The number of nitrogens with zero attached hydrogens (tertiary/aromatic N) is 4. The lowest BCUT2D eigenvalue weighted by Gasteiger charge is -2.43. The Morgan fingerprint density at radius 3 is 3.03 bits per heavy atom. The van der Waals surface area contributed by atoms with Crippen LogP contribution in [-0.2, 0) is 23.3 Å². The fraction of sp³-hybridized carbons (Fsp3) is 0.650. The molecule has 29 heavy (non-hydrogen) atoms. The fourth-order valence-corrected chi connectivity index (χ4v) is 5.96. The number of ether oxygens (including phenoxy) is 1. The summed E-state index contributed by atoms with van der Waals surface area (Å²) in [5, 5.41) is 13.9. The lowest BCUT2D eigenvalue weighted by atomic mass is 9.85. The Labute approximate surface area is 181 Å². The van der Waals surface area contributed by atoms with Gasteiger partial charge in [-0.1, -0.05) is 5.21 Å². The molecule has 5 heterocycles. The molecule has 5 rings (SSSR count). The second-order valence-corrected chi connectivity index (χ2v) is 9.11. The van der Waals surface area contributed by atoms with E-state index in [9.17, 15) is 4.79 Å². The van der Waals surface area contributed by atoms with Crippen molar-refractivity contribution in [2.75, 3.05) is 32.8 Å². The molecular weight excluding hydrogens is 410 g/mol. The molecule has 1 unspecified atom stereocenters. The highest BCUT2D eigenvalue weighted by Crippen LogP contribution is 2.44. The van der Waals surface area contributed by atoms with Crippen LogP contribution in [0.15, 0.2) is 17.6 Å². The van der Waals surface area contributed by atoms with E-state index in [1.54, 1.807) is 11.3 Å². The third-order valence-corrected chi connectivity index (χ3v) is 7.51. The summed E-state index contributed by atoms with van der Waals surface area (Å²) in [6, 6.07) is 2.22. The van der Waals surface area contributed by atoms with E-state index in [1.807, 2.05) is 15.8 Å². The third-order valence-electron chi connectivity index (χ3n) is 6.37. The van der Waals surface area contributed by atoms with Crippen LogP contribution in [0.2, 0.25) is 0 Å². The first-order valence-corrected chi connectivity index (χ1v) is 11.2. The highest BCUT2D eigenvalue weighted by atomic mass is 35.5. The van der Waals surface area contributed by atoms with Gasteiger partial charge >= 0.3 is 0 Å². The van der Waals surface area contributed by atoms with E-state index < -0.39 is 0 Å². The van der Waals surface area contributed by atoms with E-state index in [2.05, 4.69) is 27.1 Å². The Kier molecular flexibility index (Phi) is 6.24. The van der Waals surface area contributed by atoms with Gasteiger partial charge in [0.1, 0.15) is 5.60 Å². The van der Waals surface area contributed by atoms with Crippen molar-refractivity contribution < 1.29 is 9.53 Å². The van der Waals surface area contributed by atoms with Crippen molar-refractivity contribution in [1.29, 1.82) is 0 Å². The van der Waals surface area contributed by atoms with Gasteiger partial charge in [-0.25, -0.2) is 0 Å². The minimum absolute atomic E-state index is 0. The second kappa shape index (κ2) is 8.71. The molecule has 1 N–H and O–H groups in total. The largest absolute Gasteiger partial charge is 0.369 e. The Bertz CT molecular complexity index is 840. The maximum absolute atomic E-state index is 12.9. The summed E-state index contributed by atoms with van der Waals surface area (Å²) in [5.74, 6) is 0.557. The molecule has 2 saturated heterocycles. The topological polar surface area (TPSA) is 72.3 Å².